The highest BCUT2D eigenvalue weighted by Crippen LogP contribution is 2.50. The molecule has 1 aromatic rings. The van der Waals surface area contributed by atoms with Crippen molar-refractivity contribution < 1.29 is 19.8 Å². The standard InChI is InChI=1S/C13H15NO4/c1-8(14-17)11-7-10(3-4-12(11)16)13(5-6-13)18-9(2)15/h3-4,7,16-17H,5-6H2,1-2H3/b14-8+. The zero-order chi connectivity index (χ0) is 13.3. The summed E-state index contributed by atoms with van der Waals surface area (Å²) in [6.07, 6.45) is 1.54. The Labute approximate surface area is 105 Å². The van der Waals surface area contributed by atoms with Gasteiger partial charge in [-0.3, -0.25) is 4.79 Å². The summed E-state index contributed by atoms with van der Waals surface area (Å²) in [7, 11) is 0. The van der Waals surface area contributed by atoms with E-state index in [-0.39, 0.29) is 11.7 Å². The SMILES string of the molecule is CC(=O)OC1(c2ccc(O)c(/C(C)=N/O)c2)CC1. The number of ether oxygens (including phenoxy) is 1. The first-order chi connectivity index (χ1) is 8.48. The molecule has 5 nitrogen and oxygen atoms in total. The first-order valence-corrected chi connectivity index (χ1v) is 5.70. The number of phenolic OH excluding ortho intramolecular Hbond substituents is 1. The van der Waals surface area contributed by atoms with Gasteiger partial charge in [0.2, 0.25) is 0 Å². The van der Waals surface area contributed by atoms with Gasteiger partial charge in [0.1, 0.15) is 11.4 Å². The highest BCUT2D eigenvalue weighted by molar-refractivity contribution is 6.00. The summed E-state index contributed by atoms with van der Waals surface area (Å²) in [6.45, 7) is 2.96. The van der Waals surface area contributed by atoms with Gasteiger partial charge in [-0.1, -0.05) is 11.2 Å². The molecule has 1 aromatic carbocycles. The van der Waals surface area contributed by atoms with E-state index in [9.17, 15) is 9.90 Å². The zero-order valence-electron chi connectivity index (χ0n) is 10.3. The highest BCUT2D eigenvalue weighted by atomic mass is 16.6. The van der Waals surface area contributed by atoms with E-state index in [4.69, 9.17) is 9.94 Å². The van der Waals surface area contributed by atoms with Crippen molar-refractivity contribution in [3.05, 3.63) is 29.3 Å². The molecule has 1 saturated carbocycles. The molecule has 2 N–H and O–H groups in total. The van der Waals surface area contributed by atoms with E-state index in [0.717, 1.165) is 18.4 Å². The van der Waals surface area contributed by atoms with Crippen LogP contribution >= 0.6 is 0 Å². The largest absolute Gasteiger partial charge is 0.507 e. The predicted molar refractivity (Wildman–Crippen MR) is 64.8 cm³/mol. The van der Waals surface area contributed by atoms with Crippen LogP contribution in [0.15, 0.2) is 23.4 Å². The fourth-order valence-corrected chi connectivity index (χ4v) is 2.00. The fourth-order valence-electron chi connectivity index (χ4n) is 2.00. The molecule has 96 valence electrons. The number of esters is 1. The second kappa shape index (κ2) is 4.33. The topological polar surface area (TPSA) is 79.1 Å². The predicted octanol–water partition coefficient (Wildman–Crippen LogP) is 2.14. The number of carbonyl (C=O) groups is 1. The number of oxime groups is 1. The molecule has 1 fully saturated rings. The lowest BCUT2D eigenvalue weighted by Crippen LogP contribution is -2.16. The lowest BCUT2D eigenvalue weighted by atomic mass is 10.0. The van der Waals surface area contributed by atoms with Crippen molar-refractivity contribution in [2.24, 2.45) is 5.16 Å². The summed E-state index contributed by atoms with van der Waals surface area (Å²) in [4.78, 5) is 11.1. The summed E-state index contributed by atoms with van der Waals surface area (Å²) >= 11 is 0. The molecule has 0 atom stereocenters. The number of hydrogen-bond acceptors (Lipinski definition) is 5. The Balaban J connectivity index is 2.39. The van der Waals surface area contributed by atoms with Gasteiger partial charge in [-0.15, -0.1) is 0 Å². The summed E-state index contributed by atoms with van der Waals surface area (Å²) in [5, 5.41) is 21.5. The molecule has 0 heterocycles. The lowest BCUT2D eigenvalue weighted by molar-refractivity contribution is -0.149. The van der Waals surface area contributed by atoms with Crippen molar-refractivity contribution in [3.8, 4) is 5.75 Å². The molecule has 0 saturated heterocycles. The minimum absolute atomic E-state index is 0.0349. The molecule has 0 unspecified atom stereocenters. The van der Waals surface area contributed by atoms with Gasteiger partial charge in [0.15, 0.2) is 0 Å². The Morgan fingerprint density at radius 3 is 2.56 bits per heavy atom. The van der Waals surface area contributed by atoms with Crippen LogP contribution in [-0.2, 0) is 15.1 Å². The van der Waals surface area contributed by atoms with Crippen molar-refractivity contribution in [1.29, 1.82) is 0 Å². The van der Waals surface area contributed by atoms with E-state index in [1.807, 2.05) is 0 Å². The average molecular weight is 249 g/mol. The quantitative estimate of drug-likeness (QED) is 0.372. The van der Waals surface area contributed by atoms with Crippen LogP contribution in [0.5, 0.6) is 5.75 Å². The number of benzene rings is 1. The number of carbonyl (C=O) groups excluding carboxylic acids is 1. The van der Waals surface area contributed by atoms with Crippen LogP contribution in [0.25, 0.3) is 0 Å². The second-order valence-electron chi connectivity index (χ2n) is 4.51. The lowest BCUT2D eigenvalue weighted by Gasteiger charge is -2.17. The molecule has 0 amide bonds. The van der Waals surface area contributed by atoms with E-state index < -0.39 is 5.60 Å². The normalized spacial score (nSPS) is 17.3. The van der Waals surface area contributed by atoms with Gasteiger partial charge in [0.25, 0.3) is 0 Å². The van der Waals surface area contributed by atoms with Crippen LogP contribution < -0.4 is 0 Å². The summed E-state index contributed by atoms with van der Waals surface area (Å²) in [6, 6.07) is 4.93. The molecule has 0 aliphatic heterocycles. The van der Waals surface area contributed by atoms with Crippen LogP contribution in [0.1, 0.15) is 37.8 Å². The van der Waals surface area contributed by atoms with Crippen LogP contribution in [0, 0.1) is 0 Å². The maximum atomic E-state index is 11.1. The molecular weight excluding hydrogens is 234 g/mol. The Bertz CT molecular complexity index is 518. The molecule has 0 bridgehead atoms. The molecule has 0 spiro atoms. The Kier molecular flexibility index (Phi) is 2.98. The molecule has 0 aromatic heterocycles. The third-order valence-electron chi connectivity index (χ3n) is 3.11. The van der Waals surface area contributed by atoms with E-state index in [2.05, 4.69) is 5.16 Å². The second-order valence-corrected chi connectivity index (χ2v) is 4.51. The van der Waals surface area contributed by atoms with Crippen molar-refractivity contribution >= 4 is 11.7 Å². The van der Waals surface area contributed by atoms with Crippen LogP contribution in [-0.4, -0.2) is 22.0 Å². The van der Waals surface area contributed by atoms with Crippen molar-refractivity contribution in [2.45, 2.75) is 32.3 Å². The first-order valence-electron chi connectivity index (χ1n) is 5.70. The molecule has 1 aliphatic rings. The maximum absolute atomic E-state index is 11.1. The van der Waals surface area contributed by atoms with E-state index in [1.165, 1.54) is 13.0 Å². The molecule has 18 heavy (non-hydrogen) atoms. The van der Waals surface area contributed by atoms with Crippen molar-refractivity contribution in [2.75, 3.05) is 0 Å². The monoisotopic (exact) mass is 249 g/mol. The molecule has 5 heteroatoms. The molecular formula is C13H15NO4. The van der Waals surface area contributed by atoms with E-state index in [1.54, 1.807) is 19.1 Å². The van der Waals surface area contributed by atoms with Crippen LogP contribution in [0.2, 0.25) is 0 Å². The van der Waals surface area contributed by atoms with Gasteiger partial charge in [-0.05, 0) is 37.5 Å². The molecule has 1 aliphatic carbocycles. The Morgan fingerprint density at radius 1 is 1.39 bits per heavy atom. The average Bonchev–Trinajstić information content (AvgIpc) is 3.08. The van der Waals surface area contributed by atoms with Crippen molar-refractivity contribution in [3.63, 3.8) is 0 Å². The number of aromatic hydroxyl groups is 1. The van der Waals surface area contributed by atoms with Crippen LogP contribution in [0.4, 0.5) is 0 Å². The first kappa shape index (κ1) is 12.4. The smallest absolute Gasteiger partial charge is 0.303 e. The number of nitrogens with zero attached hydrogens (tertiary/aromatic N) is 1. The Morgan fingerprint density at radius 2 is 2.06 bits per heavy atom. The van der Waals surface area contributed by atoms with E-state index >= 15 is 0 Å². The summed E-state index contributed by atoms with van der Waals surface area (Å²) in [5.74, 6) is -0.289. The van der Waals surface area contributed by atoms with Gasteiger partial charge < -0.3 is 15.1 Å². The maximum Gasteiger partial charge on any atom is 0.303 e. The summed E-state index contributed by atoms with van der Waals surface area (Å²) < 4.78 is 5.32. The van der Waals surface area contributed by atoms with Gasteiger partial charge in [-0.2, -0.15) is 0 Å². The fraction of sp³-hybridized carbons (Fsp3) is 0.385. The number of rotatable bonds is 3. The van der Waals surface area contributed by atoms with Gasteiger partial charge >= 0.3 is 5.97 Å². The van der Waals surface area contributed by atoms with Gasteiger partial charge in [0, 0.05) is 12.5 Å². The highest BCUT2D eigenvalue weighted by Gasteiger charge is 2.48. The van der Waals surface area contributed by atoms with Gasteiger partial charge in [-0.25, -0.2) is 0 Å². The third kappa shape index (κ3) is 2.16. The van der Waals surface area contributed by atoms with Gasteiger partial charge in [0.05, 0.1) is 5.71 Å². The third-order valence-corrected chi connectivity index (χ3v) is 3.11. The minimum Gasteiger partial charge on any atom is -0.507 e. The van der Waals surface area contributed by atoms with Crippen molar-refractivity contribution in [1.82, 2.24) is 0 Å². The molecule has 0 radical (unpaired) electrons. The number of phenols is 1. The van der Waals surface area contributed by atoms with E-state index in [0.29, 0.717) is 11.3 Å². The Hall–Kier alpha value is -2.04. The van der Waals surface area contributed by atoms with Crippen LogP contribution in [0.3, 0.4) is 0 Å². The minimum atomic E-state index is -0.565. The molecule has 2 rings (SSSR count). The number of hydrogen-bond donors (Lipinski definition) is 2. The zero-order valence-corrected chi connectivity index (χ0v) is 10.3. The summed E-state index contributed by atoms with van der Waals surface area (Å²) in [5.41, 5.74) is 0.999.